The molecule has 0 bridgehead atoms. The average Bonchev–Trinajstić information content (AvgIpc) is 3.20. The lowest BCUT2D eigenvalue weighted by Crippen LogP contribution is -2.31. The van der Waals surface area contributed by atoms with Crippen molar-refractivity contribution in [2.75, 3.05) is 24.9 Å². The van der Waals surface area contributed by atoms with Crippen molar-refractivity contribution in [3.8, 4) is 11.5 Å². The van der Waals surface area contributed by atoms with Gasteiger partial charge in [-0.2, -0.15) is 4.68 Å². The van der Waals surface area contributed by atoms with Crippen molar-refractivity contribution in [1.82, 2.24) is 20.2 Å². The van der Waals surface area contributed by atoms with E-state index in [-0.39, 0.29) is 5.91 Å². The summed E-state index contributed by atoms with van der Waals surface area (Å²) < 4.78 is 12.6. The van der Waals surface area contributed by atoms with E-state index in [0.717, 1.165) is 0 Å². The summed E-state index contributed by atoms with van der Waals surface area (Å²) in [6.45, 7) is 1.82. The van der Waals surface area contributed by atoms with Gasteiger partial charge in [0.25, 0.3) is 5.91 Å². The first-order valence-corrected chi connectivity index (χ1v) is 8.97. The molecule has 2 N–H and O–H groups in total. The second-order valence-electron chi connectivity index (χ2n) is 6.42. The molecule has 0 radical (unpaired) electrons. The number of hydrogen-bond acceptors (Lipinski definition) is 7. The molecule has 0 saturated heterocycles. The van der Waals surface area contributed by atoms with E-state index in [9.17, 15) is 4.79 Å². The Labute approximate surface area is 167 Å². The van der Waals surface area contributed by atoms with Crippen molar-refractivity contribution in [3.05, 3.63) is 65.4 Å². The van der Waals surface area contributed by atoms with Gasteiger partial charge in [-0.25, -0.2) is 0 Å². The Morgan fingerprint density at radius 2 is 1.90 bits per heavy atom. The number of anilines is 2. The fourth-order valence-corrected chi connectivity index (χ4v) is 3.44. The Morgan fingerprint density at radius 3 is 2.62 bits per heavy atom. The molecule has 0 aliphatic carbocycles. The molecular formula is C20H20N6O3. The van der Waals surface area contributed by atoms with E-state index in [1.807, 2.05) is 49.4 Å². The van der Waals surface area contributed by atoms with Crippen molar-refractivity contribution in [1.29, 1.82) is 0 Å². The summed E-state index contributed by atoms with van der Waals surface area (Å²) in [5.41, 5.74) is 2.52. The number of carbonyl (C=O) groups is 1. The Bertz CT molecular complexity index is 1080. The van der Waals surface area contributed by atoms with Gasteiger partial charge in [0.15, 0.2) is 11.5 Å². The number of fused-ring (bicyclic) bond motifs is 1. The number of methoxy groups -OCH3 is 2. The molecule has 1 amide bonds. The van der Waals surface area contributed by atoms with Gasteiger partial charge in [0.2, 0.25) is 5.95 Å². The molecule has 0 saturated carbocycles. The number of ether oxygens (including phenoxy) is 2. The third-order valence-corrected chi connectivity index (χ3v) is 4.72. The molecule has 148 valence electrons. The van der Waals surface area contributed by atoms with Gasteiger partial charge in [0.05, 0.1) is 19.8 Å². The molecule has 3 aromatic rings. The van der Waals surface area contributed by atoms with Crippen molar-refractivity contribution >= 4 is 17.5 Å². The van der Waals surface area contributed by atoms with Crippen molar-refractivity contribution in [2.24, 2.45) is 0 Å². The number of para-hydroxylation sites is 2. The van der Waals surface area contributed by atoms with Crippen LogP contribution in [0.3, 0.4) is 0 Å². The first-order chi connectivity index (χ1) is 14.1. The van der Waals surface area contributed by atoms with Crippen LogP contribution in [0.15, 0.2) is 59.8 Å². The Hall–Kier alpha value is -3.88. The van der Waals surface area contributed by atoms with E-state index in [2.05, 4.69) is 26.2 Å². The molecule has 9 nitrogen and oxygen atoms in total. The number of tetrazole rings is 1. The molecule has 4 rings (SSSR count). The number of amides is 1. The van der Waals surface area contributed by atoms with Crippen molar-refractivity contribution in [3.63, 3.8) is 0 Å². The molecule has 1 aromatic heterocycles. The van der Waals surface area contributed by atoms with E-state index in [0.29, 0.717) is 40.0 Å². The Balaban J connectivity index is 1.84. The maximum absolute atomic E-state index is 13.3. The average molecular weight is 392 g/mol. The van der Waals surface area contributed by atoms with E-state index in [1.54, 1.807) is 25.0 Å². The zero-order valence-electron chi connectivity index (χ0n) is 16.2. The summed E-state index contributed by atoms with van der Waals surface area (Å²) in [6.07, 6.45) is 0. The van der Waals surface area contributed by atoms with Crippen LogP contribution in [0.1, 0.15) is 18.5 Å². The fraction of sp³-hybridized carbons (Fsp3) is 0.200. The van der Waals surface area contributed by atoms with E-state index in [4.69, 9.17) is 9.47 Å². The number of nitrogens with zero attached hydrogens (tertiary/aromatic N) is 4. The number of nitrogens with one attached hydrogen (secondary N) is 2. The SMILES string of the molecule is COc1cccc([C@H]2C(C(=O)Nc3ccccc3)=C(C)Nc3nnnn32)c1OC. The second-order valence-corrected chi connectivity index (χ2v) is 6.42. The van der Waals surface area contributed by atoms with Gasteiger partial charge in [0, 0.05) is 16.9 Å². The number of hydrogen-bond donors (Lipinski definition) is 2. The van der Waals surface area contributed by atoms with Crippen LogP contribution in [0.4, 0.5) is 11.6 Å². The standard InChI is InChI=1S/C20H20N6O3/c1-12-16(19(27)22-13-8-5-4-6-9-13)17(26-20(21-12)23-24-25-26)14-10-7-11-15(28-2)18(14)29-3/h4-11,17H,1-3H3,(H,22,27)(H,21,23,25)/t17-/m0/s1. The molecular weight excluding hydrogens is 372 g/mol. The molecule has 0 spiro atoms. The minimum atomic E-state index is -0.602. The van der Waals surface area contributed by atoms with Crippen LogP contribution in [0.2, 0.25) is 0 Å². The normalized spacial score (nSPS) is 15.3. The summed E-state index contributed by atoms with van der Waals surface area (Å²) in [7, 11) is 3.12. The van der Waals surface area contributed by atoms with E-state index >= 15 is 0 Å². The highest BCUT2D eigenvalue weighted by Gasteiger charge is 2.36. The number of benzene rings is 2. The number of allylic oxidation sites excluding steroid dienone is 1. The topological polar surface area (TPSA) is 103 Å². The maximum Gasteiger partial charge on any atom is 0.255 e. The molecule has 1 atom stereocenters. The number of aromatic nitrogens is 4. The summed E-state index contributed by atoms with van der Waals surface area (Å²) in [4.78, 5) is 13.3. The smallest absolute Gasteiger partial charge is 0.255 e. The van der Waals surface area contributed by atoms with Gasteiger partial charge in [0.1, 0.15) is 6.04 Å². The van der Waals surface area contributed by atoms with Gasteiger partial charge < -0.3 is 20.1 Å². The lowest BCUT2D eigenvalue weighted by molar-refractivity contribution is -0.113. The highest BCUT2D eigenvalue weighted by Crippen LogP contribution is 2.42. The number of rotatable bonds is 5. The van der Waals surface area contributed by atoms with Gasteiger partial charge in [-0.05, 0) is 35.5 Å². The predicted molar refractivity (Wildman–Crippen MR) is 107 cm³/mol. The number of carbonyl (C=O) groups excluding carboxylic acids is 1. The first kappa shape index (κ1) is 18.5. The first-order valence-electron chi connectivity index (χ1n) is 8.97. The molecule has 1 aliphatic heterocycles. The monoisotopic (exact) mass is 392 g/mol. The lowest BCUT2D eigenvalue weighted by atomic mass is 9.94. The maximum atomic E-state index is 13.3. The molecule has 29 heavy (non-hydrogen) atoms. The molecule has 2 aromatic carbocycles. The Kier molecular flexibility index (Phi) is 4.86. The zero-order chi connectivity index (χ0) is 20.4. The van der Waals surface area contributed by atoms with Gasteiger partial charge in [-0.15, -0.1) is 0 Å². The summed E-state index contributed by atoms with van der Waals surface area (Å²) in [6, 6.07) is 14.2. The molecule has 0 unspecified atom stereocenters. The fourth-order valence-electron chi connectivity index (χ4n) is 3.44. The Morgan fingerprint density at radius 1 is 1.10 bits per heavy atom. The minimum absolute atomic E-state index is 0.266. The largest absolute Gasteiger partial charge is 0.493 e. The quantitative estimate of drug-likeness (QED) is 0.688. The van der Waals surface area contributed by atoms with Crippen LogP contribution in [-0.2, 0) is 4.79 Å². The minimum Gasteiger partial charge on any atom is -0.493 e. The highest BCUT2D eigenvalue weighted by atomic mass is 16.5. The molecule has 9 heteroatoms. The summed E-state index contributed by atoms with van der Waals surface area (Å²) >= 11 is 0. The zero-order valence-corrected chi connectivity index (χ0v) is 16.2. The van der Waals surface area contributed by atoms with Gasteiger partial charge in [-0.1, -0.05) is 35.4 Å². The van der Waals surface area contributed by atoms with E-state index in [1.165, 1.54) is 0 Å². The molecule has 2 heterocycles. The van der Waals surface area contributed by atoms with Crippen LogP contribution >= 0.6 is 0 Å². The van der Waals surface area contributed by atoms with Crippen molar-refractivity contribution in [2.45, 2.75) is 13.0 Å². The third kappa shape index (κ3) is 3.27. The summed E-state index contributed by atoms with van der Waals surface area (Å²) in [5.74, 6) is 1.24. The third-order valence-electron chi connectivity index (χ3n) is 4.72. The van der Waals surface area contributed by atoms with Gasteiger partial charge in [-0.3, -0.25) is 4.79 Å². The predicted octanol–water partition coefficient (Wildman–Crippen LogP) is 2.62. The van der Waals surface area contributed by atoms with Crippen LogP contribution in [0, 0.1) is 0 Å². The van der Waals surface area contributed by atoms with Crippen LogP contribution in [0.25, 0.3) is 0 Å². The van der Waals surface area contributed by atoms with Crippen LogP contribution in [0.5, 0.6) is 11.5 Å². The van der Waals surface area contributed by atoms with Crippen LogP contribution in [-0.4, -0.2) is 40.3 Å². The molecule has 1 aliphatic rings. The highest BCUT2D eigenvalue weighted by molar-refractivity contribution is 6.06. The van der Waals surface area contributed by atoms with Crippen LogP contribution < -0.4 is 20.1 Å². The second kappa shape index (κ2) is 7.63. The van der Waals surface area contributed by atoms with Gasteiger partial charge >= 0.3 is 0 Å². The lowest BCUT2D eigenvalue weighted by Gasteiger charge is -2.29. The summed E-state index contributed by atoms with van der Waals surface area (Å²) in [5, 5.41) is 17.9. The molecule has 0 fully saturated rings. The van der Waals surface area contributed by atoms with E-state index < -0.39 is 6.04 Å². The van der Waals surface area contributed by atoms with Crippen molar-refractivity contribution < 1.29 is 14.3 Å².